The summed E-state index contributed by atoms with van der Waals surface area (Å²) in [4.78, 5) is 28.0. The number of piperazine rings is 1. The second-order valence-corrected chi connectivity index (χ2v) is 6.86. The highest BCUT2D eigenvalue weighted by atomic mass is 16.6. The molecule has 0 unspecified atom stereocenters. The Morgan fingerprint density at radius 2 is 1.75 bits per heavy atom. The summed E-state index contributed by atoms with van der Waals surface area (Å²) in [5.41, 5.74) is 0.792. The lowest BCUT2D eigenvalue weighted by atomic mass is 10.2. The molecule has 0 N–H and O–H groups in total. The van der Waals surface area contributed by atoms with Crippen molar-refractivity contribution in [1.29, 1.82) is 0 Å². The summed E-state index contributed by atoms with van der Waals surface area (Å²) >= 11 is 0. The van der Waals surface area contributed by atoms with Gasteiger partial charge in [0.25, 0.3) is 5.91 Å². The number of amides is 2. The number of ether oxygens (including phenoxy) is 1. The van der Waals surface area contributed by atoms with Crippen LogP contribution >= 0.6 is 0 Å². The number of rotatable bonds is 1. The van der Waals surface area contributed by atoms with Gasteiger partial charge >= 0.3 is 6.09 Å². The van der Waals surface area contributed by atoms with E-state index in [0.29, 0.717) is 31.9 Å². The van der Waals surface area contributed by atoms with E-state index in [-0.39, 0.29) is 12.0 Å². The zero-order valence-electron chi connectivity index (χ0n) is 14.2. The Kier molecular flexibility index (Phi) is 4.17. The van der Waals surface area contributed by atoms with Gasteiger partial charge in [-0.2, -0.15) is 5.10 Å². The van der Waals surface area contributed by atoms with Gasteiger partial charge in [0.2, 0.25) is 0 Å². The van der Waals surface area contributed by atoms with Crippen molar-refractivity contribution in [2.75, 3.05) is 26.2 Å². The largest absolute Gasteiger partial charge is 0.444 e. The van der Waals surface area contributed by atoms with Crippen LogP contribution in [-0.2, 0) is 4.74 Å². The fourth-order valence-electron chi connectivity index (χ4n) is 2.62. The van der Waals surface area contributed by atoms with Gasteiger partial charge in [0.1, 0.15) is 5.60 Å². The molecule has 7 nitrogen and oxygen atoms in total. The van der Waals surface area contributed by atoms with E-state index in [1.165, 1.54) is 0 Å². The Morgan fingerprint density at radius 3 is 2.38 bits per heavy atom. The van der Waals surface area contributed by atoms with Gasteiger partial charge in [-0.25, -0.2) is 9.31 Å². The van der Waals surface area contributed by atoms with E-state index >= 15 is 0 Å². The van der Waals surface area contributed by atoms with Crippen LogP contribution in [0.3, 0.4) is 0 Å². The smallest absolute Gasteiger partial charge is 0.410 e. The first-order valence-corrected chi connectivity index (χ1v) is 8.05. The molecule has 2 aromatic rings. The summed E-state index contributed by atoms with van der Waals surface area (Å²) in [6.45, 7) is 7.41. The van der Waals surface area contributed by atoms with Crippen LogP contribution < -0.4 is 0 Å². The van der Waals surface area contributed by atoms with E-state index in [2.05, 4.69) is 5.10 Å². The van der Waals surface area contributed by atoms with Gasteiger partial charge in [-0.05, 0) is 39.0 Å². The Balaban J connectivity index is 1.62. The summed E-state index contributed by atoms with van der Waals surface area (Å²) in [6, 6.07) is 7.46. The molecule has 0 saturated carbocycles. The number of nitrogens with zero attached hydrogens (tertiary/aromatic N) is 4. The van der Waals surface area contributed by atoms with Gasteiger partial charge in [-0.3, -0.25) is 4.79 Å². The predicted molar refractivity (Wildman–Crippen MR) is 88.9 cm³/mol. The molecule has 0 aromatic carbocycles. The third kappa shape index (κ3) is 3.50. The molecule has 0 spiro atoms. The molecule has 0 bridgehead atoms. The Hall–Kier alpha value is -2.57. The van der Waals surface area contributed by atoms with Gasteiger partial charge in [0.05, 0.1) is 5.52 Å². The quantitative estimate of drug-likeness (QED) is 0.802. The lowest BCUT2D eigenvalue weighted by Crippen LogP contribution is -2.51. The molecule has 1 fully saturated rings. The van der Waals surface area contributed by atoms with Crippen molar-refractivity contribution in [2.45, 2.75) is 26.4 Å². The van der Waals surface area contributed by atoms with Gasteiger partial charge in [0.15, 0.2) is 5.69 Å². The summed E-state index contributed by atoms with van der Waals surface area (Å²) in [5, 5.41) is 4.31. The topological polar surface area (TPSA) is 67.2 Å². The maximum absolute atomic E-state index is 12.6. The zero-order valence-corrected chi connectivity index (χ0v) is 14.2. The third-order valence-electron chi connectivity index (χ3n) is 3.81. The molecule has 3 rings (SSSR count). The molecular formula is C17H22N4O3. The summed E-state index contributed by atoms with van der Waals surface area (Å²) in [5.74, 6) is -0.109. The normalized spacial score (nSPS) is 15.6. The van der Waals surface area contributed by atoms with Crippen LogP contribution in [-0.4, -0.2) is 63.2 Å². The van der Waals surface area contributed by atoms with Crippen molar-refractivity contribution >= 4 is 17.5 Å². The minimum Gasteiger partial charge on any atom is -0.444 e. The molecule has 128 valence electrons. The fourth-order valence-corrected chi connectivity index (χ4v) is 2.62. The van der Waals surface area contributed by atoms with Crippen LogP contribution in [0, 0.1) is 0 Å². The van der Waals surface area contributed by atoms with Crippen molar-refractivity contribution in [3.63, 3.8) is 0 Å². The number of hydrogen-bond acceptors (Lipinski definition) is 4. The summed E-state index contributed by atoms with van der Waals surface area (Å²) in [6.07, 6.45) is 1.48. The number of aromatic nitrogens is 2. The molecule has 0 radical (unpaired) electrons. The maximum Gasteiger partial charge on any atom is 0.410 e. The molecule has 2 aromatic heterocycles. The monoisotopic (exact) mass is 330 g/mol. The molecular weight excluding hydrogens is 308 g/mol. The summed E-state index contributed by atoms with van der Waals surface area (Å²) in [7, 11) is 0. The van der Waals surface area contributed by atoms with E-state index in [1.807, 2.05) is 45.2 Å². The molecule has 1 aliphatic heterocycles. The van der Waals surface area contributed by atoms with Crippen LogP contribution in [0.4, 0.5) is 4.79 Å². The van der Waals surface area contributed by atoms with Crippen molar-refractivity contribution in [1.82, 2.24) is 19.4 Å². The number of carbonyl (C=O) groups is 2. The standard InChI is InChI=1S/C17H22N4O3/c1-17(2,3)24-16(23)20-10-8-19(9-11-20)15(22)14-12-13-6-4-5-7-21(13)18-14/h4-7,12H,8-11H2,1-3H3. The van der Waals surface area contributed by atoms with E-state index in [1.54, 1.807) is 20.4 Å². The minimum absolute atomic E-state index is 0.109. The van der Waals surface area contributed by atoms with Crippen LogP contribution in [0.15, 0.2) is 30.5 Å². The first-order valence-electron chi connectivity index (χ1n) is 8.05. The molecule has 7 heteroatoms. The molecule has 3 heterocycles. The van der Waals surface area contributed by atoms with E-state index in [9.17, 15) is 9.59 Å². The van der Waals surface area contributed by atoms with Crippen molar-refractivity contribution in [3.8, 4) is 0 Å². The highest BCUT2D eigenvalue weighted by Gasteiger charge is 2.28. The average Bonchev–Trinajstić information content (AvgIpc) is 2.96. The Bertz CT molecular complexity index is 722. The average molecular weight is 330 g/mol. The Labute approximate surface area is 140 Å². The first kappa shape index (κ1) is 16.3. The number of fused-ring (bicyclic) bond motifs is 1. The van der Waals surface area contributed by atoms with Gasteiger partial charge in [0, 0.05) is 32.4 Å². The summed E-state index contributed by atoms with van der Waals surface area (Å²) < 4.78 is 7.05. The Morgan fingerprint density at radius 1 is 1.08 bits per heavy atom. The zero-order chi connectivity index (χ0) is 17.3. The van der Waals surface area contributed by atoms with Crippen LogP contribution in [0.1, 0.15) is 31.3 Å². The second kappa shape index (κ2) is 6.14. The van der Waals surface area contributed by atoms with Crippen LogP contribution in [0.5, 0.6) is 0 Å². The minimum atomic E-state index is -0.513. The molecule has 24 heavy (non-hydrogen) atoms. The molecule has 1 aliphatic rings. The third-order valence-corrected chi connectivity index (χ3v) is 3.81. The van der Waals surface area contributed by atoms with Gasteiger partial charge < -0.3 is 14.5 Å². The van der Waals surface area contributed by atoms with Gasteiger partial charge in [-0.15, -0.1) is 0 Å². The SMILES string of the molecule is CC(C)(C)OC(=O)N1CCN(C(=O)c2cc3ccccn3n2)CC1. The second-order valence-electron chi connectivity index (χ2n) is 6.86. The number of pyridine rings is 1. The number of carbonyl (C=O) groups excluding carboxylic acids is 2. The molecule has 1 saturated heterocycles. The van der Waals surface area contributed by atoms with Crippen molar-refractivity contribution in [2.24, 2.45) is 0 Å². The van der Waals surface area contributed by atoms with E-state index in [4.69, 9.17) is 4.74 Å². The van der Waals surface area contributed by atoms with E-state index < -0.39 is 5.60 Å². The molecule has 2 amide bonds. The first-order chi connectivity index (χ1) is 11.3. The van der Waals surface area contributed by atoms with Gasteiger partial charge in [-0.1, -0.05) is 6.07 Å². The predicted octanol–water partition coefficient (Wildman–Crippen LogP) is 2.03. The molecule has 0 aliphatic carbocycles. The van der Waals surface area contributed by atoms with Crippen LogP contribution in [0.25, 0.3) is 5.52 Å². The van der Waals surface area contributed by atoms with Crippen molar-refractivity contribution < 1.29 is 14.3 Å². The fraction of sp³-hybridized carbons (Fsp3) is 0.471. The van der Waals surface area contributed by atoms with E-state index in [0.717, 1.165) is 5.52 Å². The van der Waals surface area contributed by atoms with Crippen LogP contribution in [0.2, 0.25) is 0 Å². The highest BCUT2D eigenvalue weighted by molar-refractivity contribution is 5.93. The lowest BCUT2D eigenvalue weighted by Gasteiger charge is -2.35. The molecule has 0 atom stereocenters. The highest BCUT2D eigenvalue weighted by Crippen LogP contribution is 2.14. The number of hydrogen-bond donors (Lipinski definition) is 0. The lowest BCUT2D eigenvalue weighted by molar-refractivity contribution is 0.0140. The maximum atomic E-state index is 12.6. The van der Waals surface area contributed by atoms with Crippen molar-refractivity contribution in [3.05, 3.63) is 36.2 Å².